The lowest BCUT2D eigenvalue weighted by Crippen LogP contribution is -2.45. The number of benzene rings is 2. The van der Waals surface area contributed by atoms with Crippen molar-refractivity contribution < 1.29 is 17.6 Å². The summed E-state index contributed by atoms with van der Waals surface area (Å²) < 4.78 is 38.6. The predicted octanol–water partition coefficient (Wildman–Crippen LogP) is 3.93. The third-order valence-electron chi connectivity index (χ3n) is 3.28. The number of hydrogen-bond donors (Lipinski definition) is 1. The van der Waals surface area contributed by atoms with Crippen LogP contribution in [0.2, 0.25) is 10.0 Å². The van der Waals surface area contributed by atoms with Gasteiger partial charge in [0.2, 0.25) is 15.9 Å². The van der Waals surface area contributed by atoms with Crippen LogP contribution in [-0.4, -0.2) is 26.6 Å². The second kappa shape index (κ2) is 7.59. The van der Waals surface area contributed by atoms with Crippen LogP contribution < -0.4 is 9.62 Å². The van der Waals surface area contributed by atoms with E-state index in [0.29, 0.717) is 15.7 Å². The fourth-order valence-corrected chi connectivity index (χ4v) is 3.99. The van der Waals surface area contributed by atoms with Gasteiger partial charge in [0.05, 0.1) is 11.9 Å². The number of sulfonamides is 1. The number of rotatable bonds is 5. The molecule has 5 nitrogen and oxygen atoms in total. The van der Waals surface area contributed by atoms with E-state index in [4.69, 9.17) is 23.2 Å². The Kier molecular flexibility index (Phi) is 5.92. The van der Waals surface area contributed by atoms with Crippen molar-refractivity contribution >= 4 is 50.5 Å². The highest BCUT2D eigenvalue weighted by Crippen LogP contribution is 2.25. The Bertz CT molecular complexity index is 886. The molecule has 0 aliphatic heterocycles. The zero-order chi connectivity index (χ0) is 18.8. The second-order valence-corrected chi connectivity index (χ2v) is 8.09. The molecule has 0 aliphatic rings. The zero-order valence-corrected chi connectivity index (χ0v) is 15.7. The molecule has 0 bridgehead atoms. The summed E-state index contributed by atoms with van der Waals surface area (Å²) in [5, 5.41) is 3.19. The number of halogens is 3. The molecular weight excluding hydrogens is 390 g/mol. The van der Waals surface area contributed by atoms with Crippen molar-refractivity contribution in [3.8, 4) is 0 Å². The second-order valence-electron chi connectivity index (χ2n) is 5.36. The molecule has 25 heavy (non-hydrogen) atoms. The molecule has 0 spiro atoms. The van der Waals surface area contributed by atoms with Gasteiger partial charge in [-0.15, -0.1) is 0 Å². The minimum atomic E-state index is -3.83. The summed E-state index contributed by atoms with van der Waals surface area (Å²) in [7, 11) is -3.83. The van der Waals surface area contributed by atoms with Crippen LogP contribution in [0, 0.1) is 5.82 Å². The molecule has 1 amide bonds. The van der Waals surface area contributed by atoms with Crippen LogP contribution in [-0.2, 0) is 14.8 Å². The Morgan fingerprint density at radius 2 is 1.76 bits per heavy atom. The first kappa shape index (κ1) is 19.5. The monoisotopic (exact) mass is 404 g/mol. The summed E-state index contributed by atoms with van der Waals surface area (Å²) in [6.45, 7) is 1.40. The minimum absolute atomic E-state index is 0.0503. The number of amides is 1. The molecule has 0 fully saturated rings. The van der Waals surface area contributed by atoms with Crippen LogP contribution in [0.1, 0.15) is 6.92 Å². The molecule has 0 aromatic heterocycles. The van der Waals surface area contributed by atoms with Gasteiger partial charge >= 0.3 is 0 Å². The van der Waals surface area contributed by atoms with Gasteiger partial charge < -0.3 is 5.32 Å². The highest BCUT2D eigenvalue weighted by Gasteiger charge is 2.29. The van der Waals surface area contributed by atoms with Crippen molar-refractivity contribution in [3.63, 3.8) is 0 Å². The molecule has 1 N–H and O–H groups in total. The summed E-state index contributed by atoms with van der Waals surface area (Å²) in [6.07, 6.45) is 0.942. The fourth-order valence-electron chi connectivity index (χ4n) is 2.29. The predicted molar refractivity (Wildman–Crippen MR) is 98.3 cm³/mol. The summed E-state index contributed by atoms with van der Waals surface area (Å²) in [5.41, 5.74) is 0.372. The maximum atomic E-state index is 13.5. The molecular formula is C16H15Cl2FN2O3S. The van der Waals surface area contributed by atoms with Gasteiger partial charge in [-0.3, -0.25) is 9.10 Å². The Labute approximate surface area is 155 Å². The lowest BCUT2D eigenvalue weighted by molar-refractivity contribution is -0.116. The lowest BCUT2D eigenvalue weighted by Gasteiger charge is -2.28. The van der Waals surface area contributed by atoms with Crippen LogP contribution in [0.25, 0.3) is 0 Å². The van der Waals surface area contributed by atoms with Crippen molar-refractivity contribution in [1.82, 2.24) is 0 Å². The third-order valence-corrected chi connectivity index (χ3v) is 4.96. The quantitative estimate of drug-likeness (QED) is 0.820. The van der Waals surface area contributed by atoms with E-state index in [-0.39, 0.29) is 5.69 Å². The molecule has 0 aliphatic carbocycles. The van der Waals surface area contributed by atoms with Gasteiger partial charge in [-0.25, -0.2) is 12.8 Å². The molecule has 9 heteroatoms. The van der Waals surface area contributed by atoms with Crippen LogP contribution in [0.4, 0.5) is 15.8 Å². The molecule has 134 valence electrons. The standard InChI is InChI=1S/C16H15Cl2FN2O3S/c1-10(16(22)20-14-7-11(17)6-12(18)8-14)21(25(2,23)24)15-5-3-4-13(19)9-15/h3-10H,1-2H3,(H,20,22)/t10-/m1/s1. The molecule has 0 radical (unpaired) electrons. The van der Waals surface area contributed by atoms with Gasteiger partial charge in [-0.1, -0.05) is 29.3 Å². The van der Waals surface area contributed by atoms with E-state index < -0.39 is 27.8 Å². The third kappa shape index (κ3) is 5.07. The summed E-state index contributed by atoms with van der Waals surface area (Å²) >= 11 is 11.8. The lowest BCUT2D eigenvalue weighted by atomic mass is 10.2. The first-order valence-electron chi connectivity index (χ1n) is 7.10. The maximum absolute atomic E-state index is 13.5. The van der Waals surface area contributed by atoms with Gasteiger partial charge in [-0.2, -0.15) is 0 Å². The number of nitrogens with zero attached hydrogens (tertiary/aromatic N) is 1. The first-order valence-corrected chi connectivity index (χ1v) is 9.70. The van der Waals surface area contributed by atoms with Crippen LogP contribution in [0.15, 0.2) is 42.5 Å². The van der Waals surface area contributed by atoms with Crippen molar-refractivity contribution in [3.05, 3.63) is 58.3 Å². The summed E-state index contributed by atoms with van der Waals surface area (Å²) in [4.78, 5) is 12.5. The smallest absolute Gasteiger partial charge is 0.247 e. The highest BCUT2D eigenvalue weighted by atomic mass is 35.5. The van der Waals surface area contributed by atoms with E-state index in [1.54, 1.807) is 0 Å². The first-order chi connectivity index (χ1) is 11.6. The van der Waals surface area contributed by atoms with Crippen molar-refractivity contribution in [2.24, 2.45) is 0 Å². The molecule has 0 saturated carbocycles. The van der Waals surface area contributed by atoms with Gasteiger partial charge in [0, 0.05) is 15.7 Å². The van der Waals surface area contributed by atoms with E-state index in [2.05, 4.69) is 5.32 Å². The van der Waals surface area contributed by atoms with Crippen molar-refractivity contribution in [2.45, 2.75) is 13.0 Å². The normalized spacial score (nSPS) is 12.5. The Morgan fingerprint density at radius 1 is 1.16 bits per heavy atom. The average Bonchev–Trinajstić information content (AvgIpc) is 2.44. The maximum Gasteiger partial charge on any atom is 0.247 e. The van der Waals surface area contributed by atoms with Crippen LogP contribution in [0.3, 0.4) is 0 Å². The molecule has 0 saturated heterocycles. The van der Waals surface area contributed by atoms with E-state index >= 15 is 0 Å². The minimum Gasteiger partial charge on any atom is -0.324 e. The van der Waals surface area contributed by atoms with Gasteiger partial charge in [0.25, 0.3) is 0 Å². The molecule has 1 atom stereocenters. The van der Waals surface area contributed by atoms with E-state index in [0.717, 1.165) is 16.6 Å². The van der Waals surface area contributed by atoms with Crippen LogP contribution in [0.5, 0.6) is 0 Å². The van der Waals surface area contributed by atoms with Crippen LogP contribution >= 0.6 is 23.2 Å². The Morgan fingerprint density at radius 3 is 2.28 bits per heavy atom. The van der Waals surface area contributed by atoms with E-state index in [1.165, 1.54) is 43.3 Å². The number of anilines is 2. The molecule has 2 aromatic rings. The van der Waals surface area contributed by atoms with E-state index in [1.807, 2.05) is 0 Å². The average molecular weight is 405 g/mol. The molecule has 0 heterocycles. The summed E-state index contributed by atoms with van der Waals surface area (Å²) in [6, 6.07) is 8.32. The van der Waals surface area contributed by atoms with E-state index in [9.17, 15) is 17.6 Å². The molecule has 2 rings (SSSR count). The topological polar surface area (TPSA) is 66.5 Å². The Balaban J connectivity index is 2.33. The fraction of sp³-hybridized carbons (Fsp3) is 0.188. The highest BCUT2D eigenvalue weighted by molar-refractivity contribution is 7.92. The van der Waals surface area contributed by atoms with Gasteiger partial charge in [-0.05, 0) is 43.3 Å². The zero-order valence-electron chi connectivity index (χ0n) is 13.3. The number of hydrogen-bond acceptors (Lipinski definition) is 3. The Hall–Kier alpha value is -1.83. The summed E-state index contributed by atoms with van der Waals surface area (Å²) in [5.74, 6) is -1.23. The van der Waals surface area contributed by atoms with Gasteiger partial charge in [0.15, 0.2) is 0 Å². The van der Waals surface area contributed by atoms with Crippen molar-refractivity contribution in [2.75, 3.05) is 15.9 Å². The number of nitrogens with one attached hydrogen (secondary N) is 1. The van der Waals surface area contributed by atoms with Crippen molar-refractivity contribution in [1.29, 1.82) is 0 Å². The number of carbonyl (C=O) groups is 1. The molecule has 2 aromatic carbocycles. The number of carbonyl (C=O) groups excluding carboxylic acids is 1. The largest absolute Gasteiger partial charge is 0.324 e. The SMILES string of the molecule is C[C@H](C(=O)Nc1cc(Cl)cc(Cl)c1)N(c1cccc(F)c1)S(C)(=O)=O. The molecule has 0 unspecified atom stereocenters. The van der Waals surface area contributed by atoms with Gasteiger partial charge in [0.1, 0.15) is 11.9 Å².